The van der Waals surface area contributed by atoms with Gasteiger partial charge in [0, 0.05) is 25.2 Å². The first kappa shape index (κ1) is 19.5. The second-order valence-corrected chi connectivity index (χ2v) is 8.29. The second kappa shape index (κ2) is 8.52. The van der Waals surface area contributed by atoms with Crippen LogP contribution in [0.25, 0.3) is 0 Å². The lowest BCUT2D eigenvalue weighted by atomic mass is 9.89. The van der Waals surface area contributed by atoms with E-state index in [9.17, 15) is 8.42 Å². The number of halogens is 1. The van der Waals surface area contributed by atoms with Crippen LogP contribution in [0.1, 0.15) is 32.6 Å². The largest absolute Gasteiger partial charge is 0.494 e. The number of piperidine rings is 1. The number of rotatable bonds is 5. The summed E-state index contributed by atoms with van der Waals surface area (Å²) in [4.78, 5) is 0.334. The Kier molecular flexibility index (Phi) is 6.92. The van der Waals surface area contributed by atoms with Gasteiger partial charge in [0.2, 0.25) is 10.0 Å². The molecule has 0 bridgehead atoms. The fourth-order valence-corrected chi connectivity index (χ4v) is 5.18. The fraction of sp³-hybridized carbons (Fsp3) is 0.647. The molecule has 7 heteroatoms. The van der Waals surface area contributed by atoms with Crippen LogP contribution in [0.15, 0.2) is 29.2 Å². The van der Waals surface area contributed by atoms with Crippen LogP contribution in [0.3, 0.4) is 0 Å². The Bertz CT molecular complexity index is 624. The van der Waals surface area contributed by atoms with Crippen molar-refractivity contribution in [2.45, 2.75) is 43.5 Å². The van der Waals surface area contributed by atoms with Crippen molar-refractivity contribution in [1.29, 1.82) is 0 Å². The van der Waals surface area contributed by atoms with Gasteiger partial charge in [-0.25, -0.2) is 8.42 Å². The topological polar surface area (TPSA) is 58.6 Å². The fourth-order valence-electron chi connectivity index (χ4n) is 3.67. The molecule has 0 radical (unpaired) electrons. The van der Waals surface area contributed by atoms with Crippen LogP contribution in [-0.4, -0.2) is 45.0 Å². The average molecular weight is 375 g/mol. The maximum Gasteiger partial charge on any atom is 0.243 e. The van der Waals surface area contributed by atoms with Crippen molar-refractivity contribution in [3.63, 3.8) is 0 Å². The molecule has 2 aliphatic heterocycles. The van der Waals surface area contributed by atoms with Crippen LogP contribution in [0.5, 0.6) is 5.75 Å². The minimum absolute atomic E-state index is 0. The monoisotopic (exact) mass is 374 g/mol. The third kappa shape index (κ3) is 4.23. The molecule has 24 heavy (non-hydrogen) atoms. The molecule has 0 aliphatic carbocycles. The highest BCUT2D eigenvalue weighted by Gasteiger charge is 2.33. The van der Waals surface area contributed by atoms with E-state index in [0.29, 0.717) is 42.3 Å². The van der Waals surface area contributed by atoms with Crippen LogP contribution in [0.2, 0.25) is 0 Å². The average Bonchev–Trinajstić information content (AvgIpc) is 3.10. The van der Waals surface area contributed by atoms with Gasteiger partial charge in [-0.15, -0.1) is 12.4 Å². The van der Waals surface area contributed by atoms with E-state index in [1.54, 1.807) is 28.6 Å². The zero-order valence-corrected chi connectivity index (χ0v) is 15.7. The smallest absolute Gasteiger partial charge is 0.243 e. The molecule has 3 rings (SSSR count). The predicted molar refractivity (Wildman–Crippen MR) is 97.4 cm³/mol. The summed E-state index contributed by atoms with van der Waals surface area (Å²) in [7, 11) is -3.42. The van der Waals surface area contributed by atoms with E-state index in [4.69, 9.17) is 4.74 Å². The van der Waals surface area contributed by atoms with Crippen molar-refractivity contribution in [2.75, 3.05) is 26.2 Å². The molecule has 2 saturated heterocycles. The van der Waals surface area contributed by atoms with Gasteiger partial charge in [0.25, 0.3) is 0 Å². The van der Waals surface area contributed by atoms with Crippen LogP contribution in [0, 0.1) is 5.92 Å². The standard InChI is InChI=1S/C17H26N2O3S.ClH/c1-2-22-15-5-3-6-16(13-15)23(20,21)19-11-8-14(9-12-19)17-7-4-10-18-17;/h3,5-6,13-14,17-18H,2,4,7-12H2,1H3;1H. The molecule has 1 N–H and O–H groups in total. The number of nitrogens with zero attached hydrogens (tertiary/aromatic N) is 1. The minimum atomic E-state index is -3.42. The SMILES string of the molecule is CCOc1cccc(S(=O)(=O)N2CCC(C3CCCN3)CC2)c1.Cl. The Morgan fingerprint density at radius 2 is 2.00 bits per heavy atom. The molecule has 5 nitrogen and oxygen atoms in total. The number of hydrogen-bond donors (Lipinski definition) is 1. The Labute approximate surface area is 151 Å². The minimum Gasteiger partial charge on any atom is -0.494 e. The Morgan fingerprint density at radius 1 is 1.25 bits per heavy atom. The van der Waals surface area contributed by atoms with E-state index in [-0.39, 0.29) is 12.4 Å². The van der Waals surface area contributed by atoms with Crippen molar-refractivity contribution in [1.82, 2.24) is 9.62 Å². The van der Waals surface area contributed by atoms with Gasteiger partial charge in [0.15, 0.2) is 0 Å². The molecule has 136 valence electrons. The quantitative estimate of drug-likeness (QED) is 0.860. The maximum atomic E-state index is 12.8. The van der Waals surface area contributed by atoms with Crippen molar-refractivity contribution in [2.24, 2.45) is 5.92 Å². The lowest BCUT2D eigenvalue weighted by Gasteiger charge is -2.34. The van der Waals surface area contributed by atoms with Crippen molar-refractivity contribution < 1.29 is 13.2 Å². The van der Waals surface area contributed by atoms with E-state index < -0.39 is 10.0 Å². The van der Waals surface area contributed by atoms with Crippen LogP contribution < -0.4 is 10.1 Å². The number of benzene rings is 1. The molecule has 0 saturated carbocycles. The van der Waals surface area contributed by atoms with E-state index in [1.165, 1.54) is 12.8 Å². The molecule has 1 aromatic rings. The summed E-state index contributed by atoms with van der Waals surface area (Å²) in [5.41, 5.74) is 0. The Balaban J connectivity index is 0.00000208. The molecule has 0 amide bonds. The summed E-state index contributed by atoms with van der Waals surface area (Å²) < 4.78 is 32.7. The summed E-state index contributed by atoms with van der Waals surface area (Å²) in [6.07, 6.45) is 4.37. The van der Waals surface area contributed by atoms with Gasteiger partial charge in [0.05, 0.1) is 11.5 Å². The number of ether oxygens (including phenoxy) is 1. The number of sulfonamides is 1. The first-order chi connectivity index (χ1) is 11.1. The lowest BCUT2D eigenvalue weighted by molar-refractivity contribution is 0.234. The summed E-state index contributed by atoms with van der Waals surface area (Å²) >= 11 is 0. The first-order valence-corrected chi connectivity index (χ1v) is 10.0. The Morgan fingerprint density at radius 3 is 2.62 bits per heavy atom. The Hall–Kier alpha value is -0.820. The van der Waals surface area contributed by atoms with Gasteiger partial charge in [-0.1, -0.05) is 6.07 Å². The molecule has 2 fully saturated rings. The van der Waals surface area contributed by atoms with Crippen molar-refractivity contribution in [3.8, 4) is 5.75 Å². The van der Waals surface area contributed by atoms with Crippen LogP contribution >= 0.6 is 12.4 Å². The molecule has 1 atom stereocenters. The molecule has 1 aromatic carbocycles. The van der Waals surface area contributed by atoms with Crippen molar-refractivity contribution in [3.05, 3.63) is 24.3 Å². The predicted octanol–water partition coefficient (Wildman–Crippen LogP) is 2.66. The van der Waals surface area contributed by atoms with Gasteiger partial charge < -0.3 is 10.1 Å². The zero-order chi connectivity index (χ0) is 16.3. The molecule has 0 aromatic heterocycles. The van der Waals surface area contributed by atoms with Gasteiger partial charge in [-0.3, -0.25) is 0 Å². The number of hydrogen-bond acceptors (Lipinski definition) is 4. The van der Waals surface area contributed by atoms with E-state index in [2.05, 4.69) is 5.32 Å². The first-order valence-electron chi connectivity index (χ1n) is 8.57. The number of nitrogens with one attached hydrogen (secondary N) is 1. The summed E-state index contributed by atoms with van der Waals surface area (Å²) in [5.74, 6) is 1.22. The van der Waals surface area contributed by atoms with E-state index >= 15 is 0 Å². The van der Waals surface area contributed by atoms with Crippen LogP contribution in [0.4, 0.5) is 0 Å². The highest BCUT2D eigenvalue weighted by molar-refractivity contribution is 7.89. The molecule has 2 heterocycles. The highest BCUT2D eigenvalue weighted by Crippen LogP contribution is 2.29. The summed E-state index contributed by atoms with van der Waals surface area (Å²) in [5, 5.41) is 3.55. The van der Waals surface area contributed by atoms with Gasteiger partial charge >= 0.3 is 0 Å². The normalized spacial score (nSPS) is 23.0. The third-order valence-electron chi connectivity index (χ3n) is 4.92. The summed E-state index contributed by atoms with van der Waals surface area (Å²) in [6.45, 7) is 4.76. The van der Waals surface area contributed by atoms with E-state index in [1.807, 2.05) is 6.92 Å². The lowest BCUT2D eigenvalue weighted by Crippen LogP contribution is -2.43. The molecule has 0 spiro atoms. The highest BCUT2D eigenvalue weighted by atomic mass is 35.5. The zero-order valence-electron chi connectivity index (χ0n) is 14.1. The van der Waals surface area contributed by atoms with Crippen molar-refractivity contribution >= 4 is 22.4 Å². The van der Waals surface area contributed by atoms with Gasteiger partial charge in [-0.2, -0.15) is 4.31 Å². The summed E-state index contributed by atoms with van der Waals surface area (Å²) in [6, 6.07) is 7.40. The van der Waals surface area contributed by atoms with E-state index in [0.717, 1.165) is 19.4 Å². The van der Waals surface area contributed by atoms with Gasteiger partial charge in [-0.05, 0) is 57.2 Å². The molecule has 2 aliphatic rings. The maximum absolute atomic E-state index is 12.8. The molecular formula is C17H27ClN2O3S. The van der Waals surface area contributed by atoms with Crippen LogP contribution in [-0.2, 0) is 10.0 Å². The third-order valence-corrected chi connectivity index (χ3v) is 6.81. The molecular weight excluding hydrogens is 348 g/mol. The van der Waals surface area contributed by atoms with Gasteiger partial charge in [0.1, 0.15) is 5.75 Å². The second-order valence-electron chi connectivity index (χ2n) is 6.35. The molecule has 1 unspecified atom stereocenters.